The Morgan fingerprint density at radius 1 is 1.57 bits per heavy atom. The second-order valence-electron chi connectivity index (χ2n) is 3.93. The van der Waals surface area contributed by atoms with Crippen LogP contribution in [0.5, 0.6) is 0 Å². The molecule has 2 aromatic rings. The molecule has 0 amide bonds. The number of carbonyl (C=O) groups is 1. The van der Waals surface area contributed by atoms with Crippen LogP contribution in [-0.4, -0.2) is 23.2 Å². The number of methoxy groups -OCH3 is 1. The van der Waals surface area contributed by atoms with Gasteiger partial charge in [-0.25, -0.2) is 9.18 Å². The molecule has 0 saturated heterocycles. The molecule has 0 aliphatic heterocycles. The fourth-order valence-electron chi connectivity index (χ4n) is 1.64. The summed E-state index contributed by atoms with van der Waals surface area (Å²) < 4.78 is 22.9. The fraction of sp³-hybridized carbons (Fsp3) is 0.167. The molecule has 21 heavy (non-hydrogen) atoms. The lowest BCUT2D eigenvalue weighted by atomic mass is 10.1. The number of halogens is 1. The van der Waals surface area contributed by atoms with Crippen molar-refractivity contribution in [2.24, 2.45) is 0 Å². The number of nitro benzene ring substituents is 1. The van der Waals surface area contributed by atoms with Crippen molar-refractivity contribution >= 4 is 17.3 Å². The monoisotopic (exact) mass is 295 g/mol. The van der Waals surface area contributed by atoms with Gasteiger partial charge in [-0.05, 0) is 6.07 Å². The van der Waals surface area contributed by atoms with Crippen LogP contribution in [0.1, 0.15) is 16.1 Å². The number of carbonyl (C=O) groups excluding carboxylic acids is 1. The highest BCUT2D eigenvalue weighted by atomic mass is 19.1. The SMILES string of the molecule is COC(=O)c1cc(NCc2ccno2)c([N+](=O)[O-])cc1F. The summed E-state index contributed by atoms with van der Waals surface area (Å²) in [5.74, 6) is -1.53. The number of benzene rings is 1. The summed E-state index contributed by atoms with van der Waals surface area (Å²) >= 11 is 0. The third kappa shape index (κ3) is 3.14. The lowest BCUT2D eigenvalue weighted by Crippen LogP contribution is -2.09. The van der Waals surface area contributed by atoms with Crippen LogP contribution in [0.4, 0.5) is 15.8 Å². The van der Waals surface area contributed by atoms with Crippen LogP contribution in [0, 0.1) is 15.9 Å². The summed E-state index contributed by atoms with van der Waals surface area (Å²) in [5, 5.41) is 17.1. The molecular weight excluding hydrogens is 285 g/mol. The van der Waals surface area contributed by atoms with Crippen molar-refractivity contribution in [3.8, 4) is 0 Å². The number of rotatable bonds is 5. The van der Waals surface area contributed by atoms with Crippen molar-refractivity contribution in [3.63, 3.8) is 0 Å². The highest BCUT2D eigenvalue weighted by molar-refractivity contribution is 5.91. The summed E-state index contributed by atoms with van der Waals surface area (Å²) in [6.45, 7) is 0.0904. The highest BCUT2D eigenvalue weighted by Gasteiger charge is 2.22. The van der Waals surface area contributed by atoms with Crippen LogP contribution >= 0.6 is 0 Å². The van der Waals surface area contributed by atoms with Gasteiger partial charge in [0.1, 0.15) is 11.5 Å². The number of ether oxygens (including phenoxy) is 1. The van der Waals surface area contributed by atoms with Crippen LogP contribution in [0.2, 0.25) is 0 Å². The van der Waals surface area contributed by atoms with E-state index in [1.54, 1.807) is 6.07 Å². The Morgan fingerprint density at radius 3 is 2.90 bits per heavy atom. The van der Waals surface area contributed by atoms with E-state index < -0.39 is 28.0 Å². The van der Waals surface area contributed by atoms with Crippen molar-refractivity contribution in [3.05, 3.63) is 51.7 Å². The van der Waals surface area contributed by atoms with E-state index in [9.17, 15) is 19.3 Å². The van der Waals surface area contributed by atoms with Gasteiger partial charge in [0.15, 0.2) is 5.76 Å². The molecular formula is C12H10FN3O5. The maximum atomic E-state index is 13.7. The Balaban J connectivity index is 2.35. The number of anilines is 1. The molecule has 110 valence electrons. The Bertz CT molecular complexity index is 672. The second kappa shape index (κ2) is 5.99. The van der Waals surface area contributed by atoms with E-state index in [0.29, 0.717) is 11.8 Å². The Kier molecular flexibility index (Phi) is 4.12. The molecule has 1 aromatic heterocycles. The van der Waals surface area contributed by atoms with E-state index in [0.717, 1.165) is 13.2 Å². The fourth-order valence-corrected chi connectivity index (χ4v) is 1.64. The van der Waals surface area contributed by atoms with Gasteiger partial charge in [0.25, 0.3) is 5.69 Å². The first-order valence-electron chi connectivity index (χ1n) is 5.72. The van der Waals surface area contributed by atoms with E-state index in [1.165, 1.54) is 6.20 Å². The topological polar surface area (TPSA) is 108 Å². The molecule has 1 N–H and O–H groups in total. The number of nitro groups is 1. The zero-order valence-corrected chi connectivity index (χ0v) is 10.8. The van der Waals surface area contributed by atoms with Crippen LogP contribution in [0.3, 0.4) is 0 Å². The second-order valence-corrected chi connectivity index (χ2v) is 3.93. The zero-order valence-electron chi connectivity index (χ0n) is 10.8. The van der Waals surface area contributed by atoms with Gasteiger partial charge in [-0.2, -0.15) is 0 Å². The van der Waals surface area contributed by atoms with Crippen molar-refractivity contribution in [1.29, 1.82) is 0 Å². The van der Waals surface area contributed by atoms with Gasteiger partial charge >= 0.3 is 5.97 Å². The van der Waals surface area contributed by atoms with Gasteiger partial charge in [-0.15, -0.1) is 0 Å². The Morgan fingerprint density at radius 2 is 2.33 bits per heavy atom. The molecule has 0 fully saturated rings. The van der Waals surface area contributed by atoms with Crippen molar-refractivity contribution < 1.29 is 23.4 Å². The van der Waals surface area contributed by atoms with Crippen LogP contribution in [0.15, 0.2) is 28.9 Å². The maximum Gasteiger partial charge on any atom is 0.340 e. The molecule has 0 aliphatic rings. The molecule has 9 heteroatoms. The lowest BCUT2D eigenvalue weighted by molar-refractivity contribution is -0.384. The first kappa shape index (κ1) is 14.4. The smallest absolute Gasteiger partial charge is 0.340 e. The maximum absolute atomic E-state index is 13.7. The number of nitrogens with one attached hydrogen (secondary N) is 1. The van der Waals surface area contributed by atoms with Gasteiger partial charge in [0, 0.05) is 6.07 Å². The molecule has 0 radical (unpaired) electrons. The highest BCUT2D eigenvalue weighted by Crippen LogP contribution is 2.28. The number of nitrogens with zero attached hydrogens (tertiary/aromatic N) is 2. The standard InChI is InChI=1S/C12H10FN3O5/c1-20-12(17)8-4-10(11(16(18)19)5-9(8)13)14-6-7-2-3-15-21-7/h2-5,14H,6H2,1H3. The number of aromatic nitrogens is 1. The quantitative estimate of drug-likeness (QED) is 0.511. The first-order valence-corrected chi connectivity index (χ1v) is 5.72. The minimum Gasteiger partial charge on any atom is -0.465 e. The Labute approximate surface area is 117 Å². The summed E-state index contributed by atoms with van der Waals surface area (Å²) in [4.78, 5) is 21.6. The summed E-state index contributed by atoms with van der Waals surface area (Å²) in [6.07, 6.45) is 1.41. The summed E-state index contributed by atoms with van der Waals surface area (Å²) in [6, 6.07) is 3.24. The van der Waals surface area contributed by atoms with Crippen LogP contribution < -0.4 is 5.32 Å². The minimum atomic E-state index is -1.03. The third-order valence-electron chi connectivity index (χ3n) is 2.63. The van der Waals surface area contributed by atoms with Gasteiger partial charge < -0.3 is 14.6 Å². The van der Waals surface area contributed by atoms with Crippen molar-refractivity contribution in [2.45, 2.75) is 6.54 Å². The summed E-state index contributed by atoms with van der Waals surface area (Å²) in [5.41, 5.74) is -0.930. The molecule has 8 nitrogen and oxygen atoms in total. The zero-order chi connectivity index (χ0) is 15.4. The van der Waals surface area contributed by atoms with E-state index >= 15 is 0 Å². The largest absolute Gasteiger partial charge is 0.465 e. The number of esters is 1. The molecule has 1 heterocycles. The minimum absolute atomic E-state index is 0.0294. The van der Waals surface area contributed by atoms with E-state index in [2.05, 4.69) is 15.2 Å². The molecule has 0 bridgehead atoms. The van der Waals surface area contributed by atoms with Crippen molar-refractivity contribution in [2.75, 3.05) is 12.4 Å². The normalized spacial score (nSPS) is 10.2. The molecule has 0 aliphatic carbocycles. The Hall–Kier alpha value is -2.97. The van der Waals surface area contributed by atoms with Crippen molar-refractivity contribution in [1.82, 2.24) is 5.16 Å². The average molecular weight is 295 g/mol. The average Bonchev–Trinajstić information content (AvgIpc) is 2.98. The first-order chi connectivity index (χ1) is 10.0. The van der Waals surface area contributed by atoms with E-state index in [1.807, 2.05) is 0 Å². The van der Waals surface area contributed by atoms with Crippen LogP contribution in [0.25, 0.3) is 0 Å². The van der Waals surface area contributed by atoms with Gasteiger partial charge in [-0.1, -0.05) is 5.16 Å². The molecule has 1 aromatic carbocycles. The lowest BCUT2D eigenvalue weighted by Gasteiger charge is -2.08. The molecule has 0 spiro atoms. The summed E-state index contributed by atoms with van der Waals surface area (Å²) in [7, 11) is 1.09. The predicted molar refractivity (Wildman–Crippen MR) is 68.2 cm³/mol. The predicted octanol–water partition coefficient (Wildman–Crippen LogP) is 2.12. The van der Waals surface area contributed by atoms with E-state index in [4.69, 9.17) is 4.52 Å². The van der Waals surface area contributed by atoms with E-state index in [-0.39, 0.29) is 12.2 Å². The van der Waals surface area contributed by atoms with Gasteiger partial charge in [0.05, 0.1) is 36.4 Å². The van der Waals surface area contributed by atoms with Gasteiger partial charge in [0.2, 0.25) is 0 Å². The number of hydrogen-bond donors (Lipinski definition) is 1. The third-order valence-corrected chi connectivity index (χ3v) is 2.63. The molecule has 0 unspecified atom stereocenters. The molecule has 0 saturated carbocycles. The van der Waals surface area contributed by atoms with Gasteiger partial charge in [-0.3, -0.25) is 10.1 Å². The van der Waals surface area contributed by atoms with Crippen LogP contribution in [-0.2, 0) is 11.3 Å². The molecule has 2 rings (SSSR count). The number of hydrogen-bond acceptors (Lipinski definition) is 7. The molecule has 0 atom stereocenters.